The molecule has 57 valence electrons. The average Bonchev–Trinajstić information content (AvgIpc) is 1.80. The third-order valence-electron chi connectivity index (χ3n) is 1.66. The number of alkyl carbamates (subject to hydrolysis) is 1. The van der Waals surface area contributed by atoms with Crippen molar-refractivity contribution in [2.24, 2.45) is 0 Å². The Balaban J connectivity index is 2.05. The number of carbonyl (C=O) groups is 1. The predicted octanol–water partition coefficient (Wildman–Crippen LogP) is 1.10. The third kappa shape index (κ3) is 1.90. The van der Waals surface area contributed by atoms with Crippen molar-refractivity contribution in [3.63, 3.8) is 0 Å². The Morgan fingerprint density at radius 3 is 2.80 bits per heavy atom. The van der Waals surface area contributed by atoms with Crippen LogP contribution in [-0.2, 0) is 4.74 Å². The summed E-state index contributed by atoms with van der Waals surface area (Å²) in [7, 11) is 0. The van der Waals surface area contributed by atoms with Crippen molar-refractivity contribution in [1.82, 2.24) is 5.32 Å². The van der Waals surface area contributed by atoms with Crippen LogP contribution in [0.3, 0.4) is 0 Å². The number of carbonyl (C=O) groups excluding carboxylic acids is 1. The Morgan fingerprint density at radius 1 is 1.70 bits per heavy atom. The highest BCUT2D eigenvalue weighted by atomic mass is 16.5. The average molecular weight is 142 g/mol. The molecule has 1 amide bonds. The van der Waals surface area contributed by atoms with Crippen LogP contribution in [0.2, 0.25) is 0 Å². The van der Waals surface area contributed by atoms with Gasteiger partial charge in [0, 0.05) is 6.04 Å². The molecule has 0 heterocycles. The summed E-state index contributed by atoms with van der Waals surface area (Å²) in [5.41, 5.74) is 0. The summed E-state index contributed by atoms with van der Waals surface area (Å²) in [6.45, 7) is 3.60. The highest BCUT2D eigenvalue weighted by Gasteiger charge is 2.19. The van der Waals surface area contributed by atoms with Crippen LogP contribution in [0, 0.1) is 6.92 Å². The SMILES string of the molecule is [CH2]COC(=O)NC1CCC1. The van der Waals surface area contributed by atoms with E-state index in [0.717, 1.165) is 12.8 Å². The lowest BCUT2D eigenvalue weighted by Crippen LogP contribution is -2.39. The van der Waals surface area contributed by atoms with Crippen LogP contribution in [0.25, 0.3) is 0 Å². The monoisotopic (exact) mass is 142 g/mol. The first kappa shape index (κ1) is 7.38. The molecule has 0 aliphatic heterocycles. The Hall–Kier alpha value is -0.730. The van der Waals surface area contributed by atoms with Gasteiger partial charge >= 0.3 is 6.09 Å². The summed E-state index contributed by atoms with van der Waals surface area (Å²) >= 11 is 0. The van der Waals surface area contributed by atoms with Crippen LogP contribution < -0.4 is 5.32 Å². The second-order valence-corrected chi connectivity index (χ2v) is 2.41. The summed E-state index contributed by atoms with van der Waals surface area (Å²) in [6, 6.07) is 0.360. The van der Waals surface area contributed by atoms with Gasteiger partial charge in [-0.3, -0.25) is 0 Å². The van der Waals surface area contributed by atoms with E-state index in [1.54, 1.807) is 0 Å². The highest BCUT2D eigenvalue weighted by Crippen LogP contribution is 2.17. The molecule has 0 aromatic rings. The van der Waals surface area contributed by atoms with Crippen LogP contribution in [0.4, 0.5) is 4.79 Å². The number of hydrogen-bond donors (Lipinski definition) is 1. The lowest BCUT2D eigenvalue weighted by Gasteiger charge is -2.25. The molecule has 0 atom stereocenters. The number of rotatable bonds is 2. The van der Waals surface area contributed by atoms with Gasteiger partial charge in [0.15, 0.2) is 0 Å². The van der Waals surface area contributed by atoms with Gasteiger partial charge in [-0.25, -0.2) is 4.79 Å². The van der Waals surface area contributed by atoms with Crippen molar-refractivity contribution in [2.45, 2.75) is 25.3 Å². The summed E-state index contributed by atoms with van der Waals surface area (Å²) < 4.78 is 4.59. The smallest absolute Gasteiger partial charge is 0.407 e. The topological polar surface area (TPSA) is 38.3 Å². The zero-order chi connectivity index (χ0) is 7.40. The zero-order valence-corrected chi connectivity index (χ0v) is 5.93. The number of ether oxygens (including phenoxy) is 1. The van der Waals surface area contributed by atoms with Crippen molar-refractivity contribution >= 4 is 6.09 Å². The molecule has 3 nitrogen and oxygen atoms in total. The van der Waals surface area contributed by atoms with Crippen LogP contribution in [0.1, 0.15) is 19.3 Å². The van der Waals surface area contributed by atoms with E-state index in [4.69, 9.17) is 0 Å². The summed E-state index contributed by atoms with van der Waals surface area (Å²) in [5, 5.41) is 2.72. The van der Waals surface area contributed by atoms with E-state index < -0.39 is 0 Å². The van der Waals surface area contributed by atoms with E-state index in [0.29, 0.717) is 6.04 Å². The van der Waals surface area contributed by atoms with Crippen molar-refractivity contribution in [3.8, 4) is 0 Å². The van der Waals surface area contributed by atoms with Crippen molar-refractivity contribution < 1.29 is 9.53 Å². The molecule has 1 N–H and O–H groups in total. The zero-order valence-electron chi connectivity index (χ0n) is 5.93. The molecule has 0 spiro atoms. The summed E-state index contributed by atoms with van der Waals surface area (Å²) in [6.07, 6.45) is 3.06. The van der Waals surface area contributed by atoms with Gasteiger partial charge in [-0.1, -0.05) is 0 Å². The second-order valence-electron chi connectivity index (χ2n) is 2.41. The van der Waals surface area contributed by atoms with Gasteiger partial charge in [0.1, 0.15) is 0 Å². The molecule has 1 saturated carbocycles. The van der Waals surface area contributed by atoms with E-state index in [2.05, 4.69) is 17.0 Å². The predicted molar refractivity (Wildman–Crippen MR) is 37.5 cm³/mol. The van der Waals surface area contributed by atoms with Crippen LogP contribution in [0.15, 0.2) is 0 Å². The Kier molecular flexibility index (Phi) is 2.54. The molecule has 1 aliphatic rings. The van der Waals surface area contributed by atoms with E-state index in [9.17, 15) is 4.79 Å². The van der Waals surface area contributed by atoms with Gasteiger partial charge in [-0.05, 0) is 26.2 Å². The molecule has 0 aromatic heterocycles. The molecule has 1 radical (unpaired) electrons. The lowest BCUT2D eigenvalue weighted by molar-refractivity contribution is 0.147. The minimum absolute atomic E-state index is 0.207. The maximum atomic E-state index is 10.7. The van der Waals surface area contributed by atoms with Crippen LogP contribution in [-0.4, -0.2) is 18.7 Å². The first-order valence-electron chi connectivity index (χ1n) is 3.55. The molecular weight excluding hydrogens is 130 g/mol. The van der Waals surface area contributed by atoms with E-state index in [1.165, 1.54) is 6.42 Å². The molecule has 0 aromatic carbocycles. The summed E-state index contributed by atoms with van der Waals surface area (Å²) in [4.78, 5) is 10.7. The molecule has 1 fully saturated rings. The number of amides is 1. The molecule has 1 aliphatic carbocycles. The van der Waals surface area contributed by atoms with Crippen LogP contribution in [0.5, 0.6) is 0 Å². The molecule has 3 heteroatoms. The fourth-order valence-electron chi connectivity index (χ4n) is 0.854. The Bertz CT molecular complexity index is 121. The largest absolute Gasteiger partial charge is 0.450 e. The molecular formula is C7H12NO2. The van der Waals surface area contributed by atoms with Gasteiger partial charge in [-0.2, -0.15) is 0 Å². The van der Waals surface area contributed by atoms with Crippen molar-refractivity contribution in [3.05, 3.63) is 6.92 Å². The van der Waals surface area contributed by atoms with Crippen LogP contribution >= 0.6 is 0 Å². The maximum Gasteiger partial charge on any atom is 0.407 e. The van der Waals surface area contributed by atoms with E-state index >= 15 is 0 Å². The minimum atomic E-state index is -0.334. The fraction of sp³-hybridized carbons (Fsp3) is 0.714. The molecule has 10 heavy (non-hydrogen) atoms. The van der Waals surface area contributed by atoms with E-state index in [1.807, 2.05) is 0 Å². The summed E-state index contributed by atoms with van der Waals surface area (Å²) in [5.74, 6) is 0. The maximum absolute atomic E-state index is 10.7. The molecule has 0 unspecified atom stereocenters. The van der Waals surface area contributed by atoms with Gasteiger partial charge in [0.05, 0.1) is 6.61 Å². The third-order valence-corrected chi connectivity index (χ3v) is 1.66. The fourth-order valence-corrected chi connectivity index (χ4v) is 0.854. The molecule has 0 bridgehead atoms. The second kappa shape index (κ2) is 3.44. The molecule has 1 rings (SSSR count). The highest BCUT2D eigenvalue weighted by molar-refractivity contribution is 5.67. The first-order valence-corrected chi connectivity index (χ1v) is 3.55. The standard InChI is InChI=1S/C7H12NO2/c1-2-10-7(9)8-6-4-3-5-6/h6H,1-5H2,(H,8,9). The number of nitrogens with one attached hydrogen (secondary N) is 1. The van der Waals surface area contributed by atoms with Crippen molar-refractivity contribution in [2.75, 3.05) is 6.61 Å². The number of hydrogen-bond acceptors (Lipinski definition) is 2. The minimum Gasteiger partial charge on any atom is -0.450 e. The normalized spacial score (nSPS) is 17.7. The quantitative estimate of drug-likeness (QED) is 0.627. The van der Waals surface area contributed by atoms with Gasteiger partial charge in [0.25, 0.3) is 0 Å². The Morgan fingerprint density at radius 2 is 2.40 bits per heavy atom. The first-order chi connectivity index (χ1) is 4.83. The molecule has 0 saturated heterocycles. The van der Waals surface area contributed by atoms with E-state index in [-0.39, 0.29) is 12.7 Å². The van der Waals surface area contributed by atoms with Crippen molar-refractivity contribution in [1.29, 1.82) is 0 Å². The lowest BCUT2D eigenvalue weighted by atomic mass is 9.93. The van der Waals surface area contributed by atoms with Gasteiger partial charge < -0.3 is 10.1 Å². The Labute approximate surface area is 60.7 Å². The van der Waals surface area contributed by atoms with Gasteiger partial charge in [-0.15, -0.1) is 0 Å². The van der Waals surface area contributed by atoms with Gasteiger partial charge in [0.2, 0.25) is 0 Å².